The number of aryl methyl sites for hydroxylation is 1. The monoisotopic (exact) mass is 710 g/mol. The van der Waals surface area contributed by atoms with Gasteiger partial charge in [-0.25, -0.2) is 4.79 Å². The summed E-state index contributed by atoms with van der Waals surface area (Å²) in [5.41, 5.74) is 2.66. The number of ketones is 1. The maximum absolute atomic E-state index is 13.7. The summed E-state index contributed by atoms with van der Waals surface area (Å²) in [5, 5.41) is 17.5. The van der Waals surface area contributed by atoms with Gasteiger partial charge < -0.3 is 30.1 Å². The maximum Gasteiger partial charge on any atom is 0.320 e. The highest BCUT2D eigenvalue weighted by Crippen LogP contribution is 2.72. The summed E-state index contributed by atoms with van der Waals surface area (Å²) in [4.78, 5) is 46.9. The third-order valence-corrected chi connectivity index (χ3v) is 14.1. The molecule has 5 aliphatic rings. The predicted octanol–water partition coefficient (Wildman–Crippen LogP) is 7.31. The minimum absolute atomic E-state index is 0.158. The van der Waals surface area contributed by atoms with E-state index < -0.39 is 11.0 Å². The molecular formula is C41H66N4O6. The van der Waals surface area contributed by atoms with Crippen molar-refractivity contribution in [3.63, 3.8) is 0 Å². The van der Waals surface area contributed by atoms with Gasteiger partial charge in [-0.15, -0.1) is 0 Å². The SMILES string of the molecule is CC(C)(C=O)CC=O.CO.COC1CCC2(C)C(CCC3(C)C4CCC5(NC(=O)Nc6cnn(C)c6)CC(=O)C(C(C)C)=C5C4CCC32)C1(C)C. The minimum Gasteiger partial charge on any atom is -0.400 e. The van der Waals surface area contributed by atoms with Crippen molar-refractivity contribution in [1.29, 1.82) is 0 Å². The van der Waals surface area contributed by atoms with Crippen molar-refractivity contribution in [2.45, 2.75) is 131 Å². The number of urea groups is 1. The quantitative estimate of drug-likeness (QED) is 0.252. The van der Waals surface area contributed by atoms with Crippen molar-refractivity contribution < 1.29 is 29.0 Å². The van der Waals surface area contributed by atoms with Gasteiger partial charge in [0.2, 0.25) is 0 Å². The van der Waals surface area contributed by atoms with Crippen LogP contribution in [0, 0.1) is 51.2 Å². The summed E-state index contributed by atoms with van der Waals surface area (Å²) in [6.45, 7) is 17.9. The van der Waals surface area contributed by atoms with Crippen LogP contribution in [0.25, 0.3) is 0 Å². The van der Waals surface area contributed by atoms with Gasteiger partial charge in [0.25, 0.3) is 0 Å². The van der Waals surface area contributed by atoms with Crippen LogP contribution in [0.5, 0.6) is 0 Å². The Morgan fingerprint density at radius 2 is 1.71 bits per heavy atom. The molecule has 4 saturated carbocycles. The zero-order chi connectivity index (χ0) is 38.2. The van der Waals surface area contributed by atoms with Crippen molar-refractivity contribution in [2.75, 3.05) is 19.5 Å². The molecule has 0 radical (unpaired) electrons. The van der Waals surface area contributed by atoms with Gasteiger partial charge in [-0.1, -0.05) is 55.4 Å². The van der Waals surface area contributed by atoms with Crippen molar-refractivity contribution in [3.05, 3.63) is 23.5 Å². The molecule has 286 valence electrons. The summed E-state index contributed by atoms with van der Waals surface area (Å²) in [7, 11) is 4.74. The molecule has 0 spiro atoms. The molecule has 0 aromatic carbocycles. The molecule has 4 fully saturated rings. The average molecular weight is 711 g/mol. The van der Waals surface area contributed by atoms with Gasteiger partial charge in [-0.05, 0) is 108 Å². The molecule has 6 rings (SSSR count). The minimum atomic E-state index is -0.576. The number of carbonyl (C=O) groups excluding carboxylic acids is 4. The Kier molecular flexibility index (Phi) is 12.2. The summed E-state index contributed by atoms with van der Waals surface area (Å²) >= 11 is 0. The van der Waals surface area contributed by atoms with E-state index in [0.29, 0.717) is 53.7 Å². The first-order valence-electron chi connectivity index (χ1n) is 19.1. The lowest BCUT2D eigenvalue weighted by Gasteiger charge is -2.69. The molecular weight excluding hydrogens is 644 g/mol. The highest BCUT2D eigenvalue weighted by molar-refractivity contribution is 6.03. The van der Waals surface area contributed by atoms with Gasteiger partial charge in [0.15, 0.2) is 5.78 Å². The van der Waals surface area contributed by atoms with E-state index in [4.69, 9.17) is 9.84 Å². The van der Waals surface area contributed by atoms with Crippen molar-refractivity contribution in [2.24, 2.45) is 58.3 Å². The number of aromatic nitrogens is 2. The Balaban J connectivity index is 0.000000517. The second kappa shape index (κ2) is 15.2. The fourth-order valence-corrected chi connectivity index (χ4v) is 12.0. The Morgan fingerprint density at radius 1 is 1.04 bits per heavy atom. The molecule has 3 N–H and O–H groups in total. The van der Waals surface area contributed by atoms with Crippen LogP contribution in [0.15, 0.2) is 23.5 Å². The standard InChI is InChI=1S/C34H52N4O3.C6H10O2.CH4O/c1-20(2)28-24(39)17-34(37-30(40)36-21-18-35-38(7)19-21)16-11-23-22(29(28)34)9-10-26-32(23,5)14-12-25-31(3,4)27(41-8)13-15-33(25,26)6;1-6(2,5-8)3-4-7;1-2/h18-20,22-23,25-27H,9-17H2,1-8H3,(H2,36,37,40);4-5H,3H2,1-2H3;2H,1H3. The van der Waals surface area contributed by atoms with Gasteiger partial charge in [0.1, 0.15) is 12.6 Å². The number of anilines is 1. The molecule has 8 atom stereocenters. The second-order valence-electron chi connectivity index (χ2n) is 18.2. The highest BCUT2D eigenvalue weighted by Gasteiger charge is 2.66. The lowest BCUT2D eigenvalue weighted by atomic mass is 9.37. The lowest BCUT2D eigenvalue weighted by molar-refractivity contribution is -0.206. The molecule has 1 heterocycles. The molecule has 8 unspecified atom stereocenters. The van der Waals surface area contributed by atoms with Crippen LogP contribution in [0.1, 0.15) is 120 Å². The number of fused-ring (bicyclic) bond motifs is 7. The maximum atomic E-state index is 13.7. The Bertz CT molecular complexity index is 1480. The number of Topliss-reactive ketones (excluding diaryl/α,β-unsaturated/α-hetero) is 1. The molecule has 1 aromatic heterocycles. The number of hydrogen-bond acceptors (Lipinski definition) is 7. The van der Waals surface area contributed by atoms with E-state index in [1.807, 2.05) is 14.2 Å². The molecule has 5 aliphatic carbocycles. The van der Waals surface area contributed by atoms with Crippen molar-refractivity contribution >= 4 is 30.1 Å². The summed E-state index contributed by atoms with van der Waals surface area (Å²) in [6, 6.07) is -0.239. The Hall–Kier alpha value is -2.85. The summed E-state index contributed by atoms with van der Waals surface area (Å²) < 4.78 is 7.72. The van der Waals surface area contributed by atoms with Crippen LogP contribution in [0.2, 0.25) is 0 Å². The molecule has 10 nitrogen and oxygen atoms in total. The first-order chi connectivity index (χ1) is 23.9. The van der Waals surface area contributed by atoms with E-state index in [1.54, 1.807) is 30.9 Å². The number of hydrogen-bond donors (Lipinski definition) is 3. The van der Waals surface area contributed by atoms with Crippen LogP contribution >= 0.6 is 0 Å². The summed E-state index contributed by atoms with van der Waals surface area (Å²) in [6.07, 6.45) is 15.2. The number of aldehydes is 2. The molecule has 0 bridgehead atoms. The number of aliphatic hydroxyl groups excluding tert-OH is 1. The number of aliphatic hydroxyl groups is 1. The van der Waals surface area contributed by atoms with Gasteiger partial charge in [-0.3, -0.25) is 9.48 Å². The van der Waals surface area contributed by atoms with Crippen molar-refractivity contribution in [3.8, 4) is 0 Å². The average Bonchev–Trinajstić information content (AvgIpc) is 3.60. The lowest BCUT2D eigenvalue weighted by Crippen LogP contribution is -2.64. The molecule has 51 heavy (non-hydrogen) atoms. The van der Waals surface area contributed by atoms with Gasteiger partial charge in [0, 0.05) is 45.7 Å². The highest BCUT2D eigenvalue weighted by atomic mass is 16.5. The Morgan fingerprint density at radius 3 is 2.25 bits per heavy atom. The number of ether oxygens (including phenoxy) is 1. The van der Waals surface area contributed by atoms with E-state index in [-0.39, 0.29) is 28.6 Å². The topological polar surface area (TPSA) is 140 Å². The van der Waals surface area contributed by atoms with E-state index in [2.05, 4.69) is 57.3 Å². The molecule has 10 heteroatoms. The number of nitrogens with one attached hydrogen (secondary N) is 2. The van der Waals surface area contributed by atoms with Crippen LogP contribution < -0.4 is 10.6 Å². The number of rotatable bonds is 7. The third kappa shape index (κ3) is 7.38. The number of carbonyl (C=O) groups is 4. The van der Waals surface area contributed by atoms with Gasteiger partial charge in [-0.2, -0.15) is 5.10 Å². The molecule has 0 aliphatic heterocycles. The number of methoxy groups -OCH3 is 1. The predicted molar refractivity (Wildman–Crippen MR) is 200 cm³/mol. The molecule has 1 aromatic rings. The Labute approximate surface area is 306 Å². The van der Waals surface area contributed by atoms with Gasteiger partial charge in [0.05, 0.1) is 23.5 Å². The smallest absolute Gasteiger partial charge is 0.320 e. The third-order valence-electron chi connectivity index (χ3n) is 14.1. The van der Waals surface area contributed by atoms with Crippen LogP contribution in [0.3, 0.4) is 0 Å². The van der Waals surface area contributed by atoms with E-state index in [0.717, 1.165) is 50.9 Å². The second-order valence-corrected chi connectivity index (χ2v) is 18.2. The number of amides is 2. The molecule has 2 amide bonds. The number of nitrogens with zero attached hydrogens (tertiary/aromatic N) is 2. The van der Waals surface area contributed by atoms with Gasteiger partial charge >= 0.3 is 6.03 Å². The zero-order valence-electron chi connectivity index (χ0n) is 33.2. The van der Waals surface area contributed by atoms with Crippen LogP contribution in [-0.4, -0.2) is 65.1 Å². The number of allylic oxidation sites excluding steroid dienone is 1. The normalized spacial score (nSPS) is 35.1. The largest absolute Gasteiger partial charge is 0.400 e. The van der Waals surface area contributed by atoms with Crippen molar-refractivity contribution in [1.82, 2.24) is 15.1 Å². The fourth-order valence-electron chi connectivity index (χ4n) is 12.0. The first kappa shape index (κ1) is 40.9. The summed E-state index contributed by atoms with van der Waals surface area (Å²) in [5.74, 6) is 2.65. The van der Waals surface area contributed by atoms with E-state index in [1.165, 1.54) is 31.3 Å². The first-order valence-corrected chi connectivity index (χ1v) is 19.1. The fraction of sp³-hybridized carbons (Fsp3) is 0.780. The zero-order valence-corrected chi connectivity index (χ0v) is 33.2. The van der Waals surface area contributed by atoms with E-state index in [9.17, 15) is 19.2 Å². The molecule has 0 saturated heterocycles. The van der Waals surface area contributed by atoms with Crippen LogP contribution in [-0.2, 0) is 26.2 Å². The van der Waals surface area contributed by atoms with E-state index >= 15 is 0 Å². The van der Waals surface area contributed by atoms with Crippen LogP contribution in [0.4, 0.5) is 10.5 Å².